The first kappa shape index (κ1) is 27.5. The van der Waals surface area contributed by atoms with E-state index in [9.17, 15) is 23.1 Å². The number of carbonyl (C=O) groups excluding carboxylic acids is 1. The summed E-state index contributed by atoms with van der Waals surface area (Å²) in [4.78, 5) is 15.1. The number of aldehydes is 1. The minimum Gasteiger partial charge on any atom is -0.401 e. The van der Waals surface area contributed by atoms with E-state index < -0.39 is 17.2 Å². The molecule has 2 unspecified atom stereocenters. The molecule has 2 aliphatic carbocycles. The van der Waals surface area contributed by atoms with Gasteiger partial charge in [-0.3, -0.25) is 9.79 Å². The van der Waals surface area contributed by atoms with Crippen LogP contribution < -0.4 is 16.8 Å². The van der Waals surface area contributed by atoms with Gasteiger partial charge in [-0.05, 0) is 79.3 Å². The van der Waals surface area contributed by atoms with E-state index in [-0.39, 0.29) is 45.6 Å². The molecule has 36 heavy (non-hydrogen) atoms. The summed E-state index contributed by atoms with van der Waals surface area (Å²) >= 11 is 5.48. The number of aliphatic hydroxyl groups is 1. The second-order valence-corrected chi connectivity index (χ2v) is 9.67. The number of nitrogens with two attached hydrogens (primary N) is 2. The van der Waals surface area contributed by atoms with Crippen LogP contribution in [-0.4, -0.2) is 31.3 Å². The summed E-state index contributed by atoms with van der Waals surface area (Å²) in [6.07, 6.45) is 2.85. The maximum Gasteiger partial charge on any atom is 0.155 e. The third kappa shape index (κ3) is 6.02. The molecule has 2 fully saturated rings. The van der Waals surface area contributed by atoms with E-state index in [1.807, 2.05) is 0 Å². The topological polar surface area (TPSA) is 114 Å². The van der Waals surface area contributed by atoms with Crippen molar-refractivity contribution < 1.29 is 23.1 Å². The van der Waals surface area contributed by atoms with Gasteiger partial charge in [0.15, 0.2) is 6.29 Å². The second-order valence-electron chi connectivity index (χ2n) is 9.26. The molecule has 0 spiro atoms. The summed E-state index contributed by atoms with van der Waals surface area (Å²) in [5, 5.41) is 13.9. The average molecular weight is 523 g/mol. The predicted molar refractivity (Wildman–Crippen MR) is 135 cm³/mol. The van der Waals surface area contributed by atoms with Crippen molar-refractivity contribution in [3.63, 3.8) is 0 Å². The summed E-state index contributed by atoms with van der Waals surface area (Å²) < 4.78 is 39.5. The lowest BCUT2D eigenvalue weighted by Gasteiger charge is -2.26. The van der Waals surface area contributed by atoms with Gasteiger partial charge in [0, 0.05) is 31.5 Å². The number of anilines is 1. The van der Waals surface area contributed by atoms with Gasteiger partial charge in [-0.25, -0.2) is 13.2 Å². The SMILES string of the molecule is CN=C(N)/C(C=O)=C(\N)C1CC2CC(O)(c3cc(F)cc(F)c3)CC2C1.CNc1ccc(F)c(Cl)c1. The van der Waals surface area contributed by atoms with Crippen LogP contribution in [0.5, 0.6) is 0 Å². The monoisotopic (exact) mass is 522 g/mol. The number of rotatable bonds is 5. The minimum atomic E-state index is -1.24. The molecule has 0 heterocycles. The number of amidine groups is 1. The van der Waals surface area contributed by atoms with Crippen molar-refractivity contribution in [2.75, 3.05) is 19.4 Å². The average Bonchev–Trinajstić information content (AvgIpc) is 3.37. The normalized spacial score (nSPS) is 26.0. The van der Waals surface area contributed by atoms with Crippen molar-refractivity contribution in [1.29, 1.82) is 0 Å². The van der Waals surface area contributed by atoms with Crippen LogP contribution in [-0.2, 0) is 10.4 Å². The van der Waals surface area contributed by atoms with Crippen molar-refractivity contribution in [3.8, 4) is 0 Å². The number of fused-ring (bicyclic) bond motifs is 1. The quantitative estimate of drug-likeness (QED) is 0.200. The second kappa shape index (κ2) is 11.3. The molecule has 6 N–H and O–H groups in total. The Morgan fingerprint density at radius 2 is 1.69 bits per heavy atom. The first-order valence-electron chi connectivity index (χ1n) is 11.5. The van der Waals surface area contributed by atoms with E-state index in [1.54, 1.807) is 13.1 Å². The van der Waals surface area contributed by atoms with Crippen LogP contribution in [0.3, 0.4) is 0 Å². The Hall–Kier alpha value is -3.04. The molecular weight excluding hydrogens is 493 g/mol. The minimum absolute atomic E-state index is 0.0145. The number of allylic oxidation sites excluding steroid dienone is 1. The van der Waals surface area contributed by atoms with Crippen molar-refractivity contribution in [1.82, 2.24) is 0 Å². The van der Waals surface area contributed by atoms with Crippen molar-refractivity contribution in [2.45, 2.75) is 31.3 Å². The zero-order chi connectivity index (χ0) is 26.6. The zero-order valence-corrected chi connectivity index (χ0v) is 20.8. The summed E-state index contributed by atoms with van der Waals surface area (Å²) in [5.74, 6) is -1.34. The predicted octanol–water partition coefficient (Wildman–Crippen LogP) is 4.51. The van der Waals surface area contributed by atoms with Crippen LogP contribution in [0, 0.1) is 35.2 Å². The van der Waals surface area contributed by atoms with Gasteiger partial charge in [0.05, 0.1) is 16.2 Å². The lowest BCUT2D eigenvalue weighted by molar-refractivity contribution is -0.104. The molecule has 194 valence electrons. The molecule has 0 radical (unpaired) electrons. The van der Waals surface area contributed by atoms with Gasteiger partial charge in [0.25, 0.3) is 0 Å². The highest BCUT2D eigenvalue weighted by Crippen LogP contribution is 2.55. The number of hydrogen-bond acceptors (Lipinski definition) is 5. The zero-order valence-electron chi connectivity index (χ0n) is 20.1. The maximum absolute atomic E-state index is 13.5. The molecule has 2 aliphatic rings. The summed E-state index contributed by atoms with van der Waals surface area (Å²) in [6, 6.07) is 7.68. The largest absolute Gasteiger partial charge is 0.401 e. The molecule has 6 nitrogen and oxygen atoms in total. The Morgan fingerprint density at radius 3 is 2.17 bits per heavy atom. The maximum atomic E-state index is 13.5. The van der Waals surface area contributed by atoms with E-state index in [4.69, 9.17) is 23.1 Å². The van der Waals surface area contributed by atoms with E-state index in [0.29, 0.717) is 37.7 Å². The summed E-state index contributed by atoms with van der Waals surface area (Å²) in [7, 11) is 3.25. The van der Waals surface area contributed by atoms with E-state index >= 15 is 0 Å². The van der Waals surface area contributed by atoms with Gasteiger partial charge in [-0.15, -0.1) is 0 Å². The first-order valence-corrected chi connectivity index (χ1v) is 11.9. The van der Waals surface area contributed by atoms with E-state index in [1.165, 1.54) is 31.3 Å². The molecule has 4 rings (SSSR count). The van der Waals surface area contributed by atoms with Crippen molar-refractivity contribution in [2.24, 2.45) is 34.2 Å². The van der Waals surface area contributed by atoms with Crippen LogP contribution in [0.25, 0.3) is 0 Å². The molecule has 2 atom stereocenters. The molecule has 2 aromatic rings. The number of aliphatic imine (C=N–C) groups is 1. The van der Waals surface area contributed by atoms with E-state index in [2.05, 4.69) is 10.3 Å². The van der Waals surface area contributed by atoms with Gasteiger partial charge in [-0.2, -0.15) is 0 Å². The number of carbonyl (C=O) groups is 1. The molecule has 0 aromatic heterocycles. The number of halogens is 4. The first-order chi connectivity index (χ1) is 17.0. The number of hydrogen-bond donors (Lipinski definition) is 4. The third-order valence-corrected chi connectivity index (χ3v) is 7.32. The summed E-state index contributed by atoms with van der Waals surface area (Å²) in [5.41, 5.74) is 12.4. The number of nitrogens with one attached hydrogen (secondary N) is 1. The highest BCUT2D eigenvalue weighted by molar-refractivity contribution is 6.31. The van der Waals surface area contributed by atoms with Crippen LogP contribution in [0.2, 0.25) is 5.02 Å². The molecular formula is C26H30ClF3N4O2. The molecule has 0 amide bonds. The van der Waals surface area contributed by atoms with Gasteiger partial charge >= 0.3 is 0 Å². The van der Waals surface area contributed by atoms with Gasteiger partial charge < -0.3 is 21.9 Å². The van der Waals surface area contributed by atoms with Crippen LogP contribution >= 0.6 is 11.6 Å². The van der Waals surface area contributed by atoms with E-state index in [0.717, 1.165) is 11.8 Å². The van der Waals surface area contributed by atoms with Gasteiger partial charge in [0.1, 0.15) is 23.3 Å². The smallest absolute Gasteiger partial charge is 0.155 e. The standard InChI is InChI=1S/C19H23F2N3O2.C7H7ClFN/c1-24-18(23)16(9-25)17(22)10-2-11-7-19(26,8-12(11)3-10)13-4-14(20)6-15(21)5-13;1-10-5-2-3-7(9)6(8)4-5/h4-6,9-12,26H,2-3,7-8,22H2,1H3,(H2,23,24);2-4,10H,1H3/b17-16-;. The van der Waals surface area contributed by atoms with Gasteiger partial charge in [0.2, 0.25) is 0 Å². The highest BCUT2D eigenvalue weighted by Gasteiger charge is 2.50. The van der Waals surface area contributed by atoms with Crippen LogP contribution in [0.4, 0.5) is 18.9 Å². The summed E-state index contributed by atoms with van der Waals surface area (Å²) in [6.45, 7) is 0. The fourth-order valence-electron chi connectivity index (χ4n) is 5.24. The fourth-order valence-corrected chi connectivity index (χ4v) is 5.42. The molecule has 2 saturated carbocycles. The van der Waals surface area contributed by atoms with Crippen molar-refractivity contribution in [3.05, 3.63) is 75.7 Å². The molecule has 0 saturated heterocycles. The Kier molecular flexibility index (Phi) is 8.68. The van der Waals surface area contributed by atoms with Crippen molar-refractivity contribution >= 4 is 29.4 Å². The fraction of sp³-hybridized carbons (Fsp3) is 0.385. The van der Waals surface area contributed by atoms with Gasteiger partial charge in [-0.1, -0.05) is 11.6 Å². The highest BCUT2D eigenvalue weighted by atomic mass is 35.5. The lowest BCUT2D eigenvalue weighted by Crippen LogP contribution is -2.26. The van der Waals surface area contributed by atoms with Crippen LogP contribution in [0.15, 0.2) is 52.7 Å². The molecule has 0 aliphatic heterocycles. The molecule has 10 heteroatoms. The Bertz CT molecular complexity index is 1150. The lowest BCUT2D eigenvalue weighted by atomic mass is 9.87. The Labute approximate surface area is 213 Å². The number of nitrogens with zero attached hydrogens (tertiary/aromatic N) is 1. The van der Waals surface area contributed by atoms with Crippen LogP contribution in [0.1, 0.15) is 31.2 Å². The third-order valence-electron chi connectivity index (χ3n) is 7.03. The Morgan fingerprint density at radius 1 is 1.11 bits per heavy atom. The Balaban J connectivity index is 0.000000303. The molecule has 2 aromatic carbocycles. The molecule has 0 bridgehead atoms. The number of benzene rings is 2.